The van der Waals surface area contributed by atoms with Gasteiger partial charge in [-0.05, 0) is 44.7 Å². The van der Waals surface area contributed by atoms with Crippen molar-refractivity contribution in [2.75, 3.05) is 4.90 Å². The van der Waals surface area contributed by atoms with Crippen LogP contribution in [-0.2, 0) is 16.0 Å². The van der Waals surface area contributed by atoms with Crippen LogP contribution in [-0.4, -0.2) is 23.9 Å². The first-order valence-electron chi connectivity index (χ1n) is 7.75. The third-order valence-corrected chi connectivity index (χ3v) is 3.79. The summed E-state index contributed by atoms with van der Waals surface area (Å²) in [5.74, 6) is -0.0248. The molecule has 1 aromatic carbocycles. The molecule has 21 heavy (non-hydrogen) atoms. The van der Waals surface area contributed by atoms with E-state index in [2.05, 4.69) is 5.32 Å². The number of aryl methyl sites for hydroxylation is 1. The number of carbonyl (C=O) groups is 2. The Morgan fingerprint density at radius 3 is 2.67 bits per heavy atom. The lowest BCUT2D eigenvalue weighted by molar-refractivity contribution is -0.126. The fourth-order valence-electron chi connectivity index (χ4n) is 2.85. The van der Waals surface area contributed by atoms with Crippen molar-refractivity contribution in [2.24, 2.45) is 0 Å². The Hall–Kier alpha value is -1.84. The molecule has 1 aliphatic heterocycles. The summed E-state index contributed by atoms with van der Waals surface area (Å²) in [5, 5.41) is 2.93. The summed E-state index contributed by atoms with van der Waals surface area (Å²) in [6, 6.07) is 7.56. The quantitative estimate of drug-likeness (QED) is 0.926. The molecule has 0 saturated heterocycles. The summed E-state index contributed by atoms with van der Waals surface area (Å²) in [5.41, 5.74) is 2.05. The number of nitrogens with zero attached hydrogens (tertiary/aromatic N) is 1. The molecule has 0 aliphatic carbocycles. The minimum absolute atomic E-state index is 0.0470. The van der Waals surface area contributed by atoms with Crippen LogP contribution in [0.2, 0.25) is 0 Å². The van der Waals surface area contributed by atoms with Gasteiger partial charge in [0.25, 0.3) is 0 Å². The molecule has 1 unspecified atom stereocenters. The monoisotopic (exact) mass is 288 g/mol. The second-order valence-electron chi connectivity index (χ2n) is 5.83. The van der Waals surface area contributed by atoms with Crippen molar-refractivity contribution in [2.45, 2.75) is 58.5 Å². The first kappa shape index (κ1) is 15.5. The van der Waals surface area contributed by atoms with E-state index in [-0.39, 0.29) is 17.9 Å². The molecule has 114 valence electrons. The second-order valence-corrected chi connectivity index (χ2v) is 5.83. The van der Waals surface area contributed by atoms with Crippen molar-refractivity contribution in [3.8, 4) is 0 Å². The molecule has 0 radical (unpaired) electrons. The van der Waals surface area contributed by atoms with E-state index in [1.54, 1.807) is 4.90 Å². The Bertz CT molecular complexity index is 525. The van der Waals surface area contributed by atoms with Crippen molar-refractivity contribution in [3.05, 3.63) is 29.8 Å². The van der Waals surface area contributed by atoms with E-state index >= 15 is 0 Å². The van der Waals surface area contributed by atoms with Gasteiger partial charge in [0.05, 0.1) is 0 Å². The predicted molar refractivity (Wildman–Crippen MR) is 84.2 cm³/mol. The van der Waals surface area contributed by atoms with Gasteiger partial charge in [-0.2, -0.15) is 0 Å². The molecule has 2 amide bonds. The average Bonchev–Trinajstić information content (AvgIpc) is 2.59. The van der Waals surface area contributed by atoms with Crippen LogP contribution >= 0.6 is 0 Å². The first-order valence-corrected chi connectivity index (χ1v) is 7.75. The minimum atomic E-state index is -0.431. The zero-order chi connectivity index (χ0) is 15.4. The Morgan fingerprint density at radius 2 is 2.00 bits per heavy atom. The van der Waals surface area contributed by atoms with Gasteiger partial charge >= 0.3 is 0 Å². The highest BCUT2D eigenvalue weighted by Crippen LogP contribution is 2.29. The summed E-state index contributed by atoms with van der Waals surface area (Å²) in [7, 11) is 0. The highest BCUT2D eigenvalue weighted by Gasteiger charge is 2.32. The average molecular weight is 288 g/mol. The topological polar surface area (TPSA) is 49.4 Å². The number of para-hydroxylation sites is 1. The maximum atomic E-state index is 12.5. The zero-order valence-corrected chi connectivity index (χ0v) is 13.1. The highest BCUT2D eigenvalue weighted by molar-refractivity contribution is 6.01. The van der Waals surface area contributed by atoms with Crippen molar-refractivity contribution in [3.63, 3.8) is 0 Å². The number of nitrogens with one attached hydrogen (secondary N) is 1. The van der Waals surface area contributed by atoms with Crippen LogP contribution in [0.5, 0.6) is 0 Å². The number of rotatable bonds is 4. The number of carbonyl (C=O) groups excluding carboxylic acids is 2. The van der Waals surface area contributed by atoms with Crippen LogP contribution in [0.25, 0.3) is 0 Å². The molecule has 1 heterocycles. The fourth-order valence-corrected chi connectivity index (χ4v) is 2.85. The second kappa shape index (κ2) is 6.74. The molecule has 0 aromatic heterocycles. The van der Waals surface area contributed by atoms with E-state index in [0.717, 1.165) is 24.1 Å². The van der Waals surface area contributed by atoms with Gasteiger partial charge in [-0.3, -0.25) is 14.5 Å². The Labute approximate surface area is 126 Å². The molecule has 1 atom stereocenters. The van der Waals surface area contributed by atoms with E-state index in [1.807, 2.05) is 45.0 Å². The standard InChI is InChI=1S/C17H24N2O2/c1-4-14(17(21)18-12(2)3)19-15-10-6-5-8-13(15)9-7-11-16(19)20/h5-6,8,10,12,14H,4,7,9,11H2,1-3H3,(H,18,21). The largest absolute Gasteiger partial charge is 0.352 e. The predicted octanol–water partition coefficient (Wildman–Crippen LogP) is 2.66. The maximum Gasteiger partial charge on any atom is 0.243 e. The van der Waals surface area contributed by atoms with Gasteiger partial charge in [0.2, 0.25) is 11.8 Å². The smallest absolute Gasteiger partial charge is 0.243 e. The van der Waals surface area contributed by atoms with Gasteiger partial charge in [-0.25, -0.2) is 0 Å². The highest BCUT2D eigenvalue weighted by atomic mass is 16.2. The van der Waals surface area contributed by atoms with Gasteiger partial charge in [-0.1, -0.05) is 25.1 Å². The lowest BCUT2D eigenvalue weighted by Gasteiger charge is -2.31. The minimum Gasteiger partial charge on any atom is -0.352 e. The first-order chi connectivity index (χ1) is 10.0. The molecular weight excluding hydrogens is 264 g/mol. The zero-order valence-electron chi connectivity index (χ0n) is 13.1. The molecule has 0 saturated carbocycles. The SMILES string of the molecule is CCC(C(=O)NC(C)C)N1C(=O)CCCc2ccccc21. The third kappa shape index (κ3) is 3.43. The van der Waals surface area contributed by atoms with E-state index in [4.69, 9.17) is 0 Å². The van der Waals surface area contributed by atoms with Crippen molar-refractivity contribution in [1.82, 2.24) is 5.32 Å². The van der Waals surface area contributed by atoms with E-state index < -0.39 is 6.04 Å². The van der Waals surface area contributed by atoms with Crippen molar-refractivity contribution >= 4 is 17.5 Å². The molecule has 2 rings (SSSR count). The number of benzene rings is 1. The summed E-state index contributed by atoms with van der Waals surface area (Å²) in [6.45, 7) is 5.82. The van der Waals surface area contributed by atoms with Crippen LogP contribution in [0.1, 0.15) is 45.6 Å². The maximum absolute atomic E-state index is 12.5. The van der Waals surface area contributed by atoms with Crippen molar-refractivity contribution < 1.29 is 9.59 Å². The number of hydrogen-bond donors (Lipinski definition) is 1. The molecule has 0 fully saturated rings. The van der Waals surface area contributed by atoms with E-state index in [0.29, 0.717) is 12.8 Å². The number of amides is 2. The Morgan fingerprint density at radius 1 is 1.29 bits per heavy atom. The van der Waals surface area contributed by atoms with E-state index in [9.17, 15) is 9.59 Å². The molecule has 1 aromatic rings. The van der Waals surface area contributed by atoms with Crippen LogP contribution in [0, 0.1) is 0 Å². The normalized spacial score (nSPS) is 16.4. The van der Waals surface area contributed by atoms with Gasteiger partial charge in [0.1, 0.15) is 6.04 Å². The fraction of sp³-hybridized carbons (Fsp3) is 0.529. The Kier molecular flexibility index (Phi) is 4.99. The van der Waals surface area contributed by atoms with Crippen LogP contribution in [0.15, 0.2) is 24.3 Å². The number of anilines is 1. The van der Waals surface area contributed by atoms with Gasteiger partial charge in [0.15, 0.2) is 0 Å². The molecule has 4 heteroatoms. The van der Waals surface area contributed by atoms with E-state index in [1.165, 1.54) is 0 Å². The Balaban J connectivity index is 2.38. The lowest BCUT2D eigenvalue weighted by Crippen LogP contribution is -2.51. The molecule has 1 N–H and O–H groups in total. The summed E-state index contributed by atoms with van der Waals surface area (Å²) >= 11 is 0. The lowest BCUT2D eigenvalue weighted by atomic mass is 10.1. The molecule has 0 spiro atoms. The summed E-state index contributed by atoms with van der Waals surface area (Å²) in [4.78, 5) is 26.7. The van der Waals surface area contributed by atoms with Crippen molar-refractivity contribution in [1.29, 1.82) is 0 Å². The van der Waals surface area contributed by atoms with Crippen LogP contribution in [0.3, 0.4) is 0 Å². The molecule has 0 bridgehead atoms. The van der Waals surface area contributed by atoms with Crippen LogP contribution in [0.4, 0.5) is 5.69 Å². The van der Waals surface area contributed by atoms with Crippen LogP contribution < -0.4 is 10.2 Å². The summed E-state index contributed by atoms with van der Waals surface area (Å²) in [6.07, 6.45) is 2.84. The summed E-state index contributed by atoms with van der Waals surface area (Å²) < 4.78 is 0. The third-order valence-electron chi connectivity index (χ3n) is 3.79. The van der Waals surface area contributed by atoms with Gasteiger partial charge < -0.3 is 5.32 Å². The van der Waals surface area contributed by atoms with Gasteiger partial charge in [-0.15, -0.1) is 0 Å². The molecular formula is C17H24N2O2. The molecule has 1 aliphatic rings. The number of hydrogen-bond acceptors (Lipinski definition) is 2. The molecule has 4 nitrogen and oxygen atoms in total. The van der Waals surface area contributed by atoms with Gasteiger partial charge in [0, 0.05) is 18.2 Å². The number of fused-ring (bicyclic) bond motifs is 1.